The molecule has 0 aliphatic rings. The number of nitrogens with zero attached hydrogens (tertiary/aromatic N) is 2. The predicted molar refractivity (Wildman–Crippen MR) is 107 cm³/mol. The highest BCUT2D eigenvalue weighted by Gasteiger charge is 2.17. The van der Waals surface area contributed by atoms with Crippen LogP contribution in [-0.2, 0) is 11.8 Å². The average Bonchev–Trinajstić information content (AvgIpc) is 2.84. The fourth-order valence-electron chi connectivity index (χ4n) is 2.68. The Balaban J connectivity index is 1.78. The minimum atomic E-state index is -0.281. The minimum absolute atomic E-state index is 0.0650. The number of hydrogen-bond donors (Lipinski definition) is 2. The third kappa shape index (κ3) is 3.72. The highest BCUT2D eigenvalue weighted by atomic mass is 79.9. The molecule has 2 N–H and O–H groups in total. The van der Waals surface area contributed by atoms with Gasteiger partial charge in [0.1, 0.15) is 5.69 Å². The molecular weight excluding hydrogens is 396 g/mol. The summed E-state index contributed by atoms with van der Waals surface area (Å²) in [6, 6.07) is 16.9. The van der Waals surface area contributed by atoms with Gasteiger partial charge >= 0.3 is 0 Å². The molecule has 1 amide bonds. The number of carbonyl (C=O) groups is 1. The van der Waals surface area contributed by atoms with E-state index in [1.165, 1.54) is 4.68 Å². The van der Waals surface area contributed by atoms with Crippen molar-refractivity contribution in [1.29, 1.82) is 0 Å². The maximum absolute atomic E-state index is 12.8. The number of aromatic nitrogens is 2. The van der Waals surface area contributed by atoms with E-state index in [-0.39, 0.29) is 23.7 Å². The number of amides is 1. The Morgan fingerprint density at radius 1 is 1.12 bits per heavy atom. The normalized spacial score (nSPS) is 10.6. The smallest absolute Gasteiger partial charge is 0.295 e. The molecular formula is C19H19BrN4O2. The molecule has 0 fully saturated rings. The van der Waals surface area contributed by atoms with Crippen molar-refractivity contribution in [1.82, 2.24) is 9.36 Å². The molecule has 0 aliphatic carbocycles. The molecule has 0 saturated heterocycles. The van der Waals surface area contributed by atoms with Gasteiger partial charge in [-0.25, -0.2) is 4.68 Å². The lowest BCUT2D eigenvalue weighted by Crippen LogP contribution is -2.26. The van der Waals surface area contributed by atoms with Crippen molar-refractivity contribution in [3.63, 3.8) is 0 Å². The monoisotopic (exact) mass is 414 g/mol. The molecule has 3 aromatic rings. The lowest BCUT2D eigenvalue weighted by molar-refractivity contribution is -0.114. The molecule has 0 spiro atoms. The Hall–Kier alpha value is -2.80. The van der Waals surface area contributed by atoms with Crippen molar-refractivity contribution in [2.45, 2.75) is 6.92 Å². The zero-order valence-corrected chi connectivity index (χ0v) is 16.1. The molecule has 26 heavy (non-hydrogen) atoms. The fraction of sp³-hybridized carbons (Fsp3) is 0.158. The van der Waals surface area contributed by atoms with Gasteiger partial charge < -0.3 is 10.6 Å². The van der Waals surface area contributed by atoms with Crippen molar-refractivity contribution in [3.05, 3.63) is 75.1 Å². The first-order chi connectivity index (χ1) is 12.5. The molecule has 7 heteroatoms. The van der Waals surface area contributed by atoms with Gasteiger partial charge in [-0.15, -0.1) is 0 Å². The van der Waals surface area contributed by atoms with Gasteiger partial charge in [0.05, 0.1) is 17.9 Å². The zero-order valence-electron chi connectivity index (χ0n) is 14.5. The quantitative estimate of drug-likeness (QED) is 0.672. The van der Waals surface area contributed by atoms with E-state index >= 15 is 0 Å². The lowest BCUT2D eigenvalue weighted by Gasteiger charge is -2.07. The summed E-state index contributed by atoms with van der Waals surface area (Å²) >= 11 is 3.39. The van der Waals surface area contributed by atoms with Crippen molar-refractivity contribution < 1.29 is 4.79 Å². The van der Waals surface area contributed by atoms with Crippen LogP contribution in [0.5, 0.6) is 0 Å². The van der Waals surface area contributed by atoms with Crippen LogP contribution in [0.25, 0.3) is 5.69 Å². The summed E-state index contributed by atoms with van der Waals surface area (Å²) in [5, 5.41) is 5.77. The molecule has 0 atom stereocenters. The molecule has 0 aliphatic heterocycles. The van der Waals surface area contributed by atoms with E-state index in [1.807, 2.05) is 54.6 Å². The molecule has 2 aromatic carbocycles. The van der Waals surface area contributed by atoms with Crippen LogP contribution in [0.2, 0.25) is 0 Å². The molecule has 3 rings (SSSR count). The van der Waals surface area contributed by atoms with E-state index in [2.05, 4.69) is 26.6 Å². The number of carbonyl (C=O) groups excluding carboxylic acids is 1. The Morgan fingerprint density at radius 3 is 2.54 bits per heavy atom. The number of benzene rings is 2. The third-order valence-corrected chi connectivity index (χ3v) is 4.59. The second-order valence-electron chi connectivity index (χ2n) is 5.85. The summed E-state index contributed by atoms with van der Waals surface area (Å²) in [5.74, 6) is -0.281. The highest BCUT2D eigenvalue weighted by Crippen LogP contribution is 2.16. The molecule has 1 aromatic heterocycles. The van der Waals surface area contributed by atoms with E-state index in [9.17, 15) is 9.59 Å². The summed E-state index contributed by atoms with van der Waals surface area (Å²) in [6.45, 7) is 1.87. The van der Waals surface area contributed by atoms with Crippen LogP contribution in [0.4, 0.5) is 11.4 Å². The van der Waals surface area contributed by atoms with Crippen LogP contribution in [0, 0.1) is 6.92 Å². The lowest BCUT2D eigenvalue weighted by atomic mass is 10.3. The zero-order chi connectivity index (χ0) is 18.7. The maximum Gasteiger partial charge on any atom is 0.295 e. The van der Waals surface area contributed by atoms with E-state index in [1.54, 1.807) is 18.7 Å². The van der Waals surface area contributed by atoms with Crippen molar-refractivity contribution >= 4 is 33.2 Å². The van der Waals surface area contributed by atoms with Gasteiger partial charge in [0.2, 0.25) is 5.91 Å². The number of para-hydroxylation sites is 1. The number of anilines is 2. The largest absolute Gasteiger partial charge is 0.376 e. The molecule has 134 valence electrons. The molecule has 0 unspecified atom stereocenters. The second-order valence-corrected chi connectivity index (χ2v) is 6.76. The minimum Gasteiger partial charge on any atom is -0.376 e. The molecule has 0 bridgehead atoms. The van der Waals surface area contributed by atoms with Crippen LogP contribution >= 0.6 is 15.9 Å². The van der Waals surface area contributed by atoms with Gasteiger partial charge in [0, 0.05) is 17.2 Å². The van der Waals surface area contributed by atoms with Gasteiger partial charge in [0.25, 0.3) is 5.56 Å². The molecule has 6 nitrogen and oxygen atoms in total. The Morgan fingerprint density at radius 2 is 1.85 bits per heavy atom. The molecule has 0 radical (unpaired) electrons. The van der Waals surface area contributed by atoms with Crippen LogP contribution in [0.15, 0.2) is 63.9 Å². The van der Waals surface area contributed by atoms with Gasteiger partial charge in [-0.1, -0.05) is 40.2 Å². The number of hydrogen-bond acceptors (Lipinski definition) is 3. The topological polar surface area (TPSA) is 68.1 Å². The number of rotatable bonds is 5. The second kappa shape index (κ2) is 7.61. The number of halogens is 1. The summed E-state index contributed by atoms with van der Waals surface area (Å²) in [5.41, 5.74) is 2.29. The first-order valence-corrected chi connectivity index (χ1v) is 8.90. The average molecular weight is 415 g/mol. The Labute approximate surface area is 159 Å². The molecule has 0 saturated carbocycles. The van der Waals surface area contributed by atoms with Crippen LogP contribution in [-0.4, -0.2) is 21.8 Å². The van der Waals surface area contributed by atoms with E-state index in [4.69, 9.17) is 0 Å². The van der Waals surface area contributed by atoms with Gasteiger partial charge in [-0.05, 0) is 37.3 Å². The fourth-order valence-corrected chi connectivity index (χ4v) is 3.08. The SMILES string of the molecule is Cc1c(NC(=O)CNc2cccc(Br)c2)c(=O)n(-c2ccccc2)n1C. The molecule has 1 heterocycles. The van der Waals surface area contributed by atoms with Crippen LogP contribution in [0.3, 0.4) is 0 Å². The summed E-state index contributed by atoms with van der Waals surface area (Å²) in [6.07, 6.45) is 0. The predicted octanol–water partition coefficient (Wildman–Crippen LogP) is 3.30. The van der Waals surface area contributed by atoms with Gasteiger partial charge in [-0.2, -0.15) is 0 Å². The van der Waals surface area contributed by atoms with Crippen LogP contribution in [0.1, 0.15) is 5.69 Å². The summed E-state index contributed by atoms with van der Waals surface area (Å²) < 4.78 is 4.19. The first-order valence-electron chi connectivity index (χ1n) is 8.10. The Bertz CT molecular complexity index is 993. The van der Waals surface area contributed by atoms with Crippen molar-refractivity contribution in [3.8, 4) is 5.69 Å². The first kappa shape index (κ1) is 18.0. The van der Waals surface area contributed by atoms with Crippen LogP contribution < -0.4 is 16.2 Å². The van der Waals surface area contributed by atoms with E-state index in [0.717, 1.165) is 15.8 Å². The maximum atomic E-state index is 12.8. The van der Waals surface area contributed by atoms with Crippen molar-refractivity contribution in [2.24, 2.45) is 7.05 Å². The highest BCUT2D eigenvalue weighted by molar-refractivity contribution is 9.10. The summed E-state index contributed by atoms with van der Waals surface area (Å²) in [7, 11) is 1.79. The standard InChI is InChI=1S/C19H19BrN4O2/c1-13-18(19(26)24(23(13)2)16-9-4-3-5-10-16)22-17(25)12-21-15-8-6-7-14(20)11-15/h3-11,21H,12H2,1-2H3,(H,22,25). The van der Waals surface area contributed by atoms with Crippen molar-refractivity contribution in [2.75, 3.05) is 17.2 Å². The third-order valence-electron chi connectivity index (χ3n) is 4.10. The van der Waals surface area contributed by atoms with Gasteiger partial charge in [0.15, 0.2) is 0 Å². The summed E-state index contributed by atoms with van der Waals surface area (Å²) in [4.78, 5) is 25.1. The van der Waals surface area contributed by atoms with Gasteiger partial charge in [-0.3, -0.25) is 14.3 Å². The number of nitrogens with one attached hydrogen (secondary N) is 2. The Kier molecular flexibility index (Phi) is 5.27. The van der Waals surface area contributed by atoms with E-state index in [0.29, 0.717) is 5.69 Å². The van der Waals surface area contributed by atoms with E-state index < -0.39 is 0 Å².